The third-order valence-corrected chi connectivity index (χ3v) is 3.23. The lowest BCUT2D eigenvalue weighted by molar-refractivity contribution is -0.183. The lowest BCUT2D eigenvalue weighted by Gasteiger charge is -2.19. The van der Waals surface area contributed by atoms with Gasteiger partial charge in [-0.05, 0) is 12.1 Å². The van der Waals surface area contributed by atoms with Gasteiger partial charge in [0.1, 0.15) is 12.8 Å². The van der Waals surface area contributed by atoms with E-state index in [9.17, 15) is 19.2 Å². The summed E-state index contributed by atoms with van der Waals surface area (Å²) in [5.41, 5.74) is 0.292. The van der Waals surface area contributed by atoms with E-state index in [2.05, 4.69) is 19.2 Å². The van der Waals surface area contributed by atoms with Gasteiger partial charge in [0.15, 0.2) is 11.5 Å². The van der Waals surface area contributed by atoms with E-state index in [0.29, 0.717) is 17.2 Å². The zero-order valence-electron chi connectivity index (χ0n) is 16.0. The zero-order chi connectivity index (χ0) is 21.8. The summed E-state index contributed by atoms with van der Waals surface area (Å²) in [6, 6.07) is 4.50. The van der Waals surface area contributed by atoms with Crippen LogP contribution in [0, 0.1) is 0 Å². The van der Waals surface area contributed by atoms with Crippen LogP contribution in [0.1, 0.15) is 39.5 Å². The molecule has 0 spiro atoms. The molecule has 0 aliphatic carbocycles. The molecule has 0 unspecified atom stereocenters. The first kappa shape index (κ1) is 23.5. The second kappa shape index (κ2) is 12.1. The number of aliphatic carboxylic acids is 2. The summed E-state index contributed by atoms with van der Waals surface area (Å²) in [4.78, 5) is 43.9. The van der Waals surface area contributed by atoms with Crippen molar-refractivity contribution in [1.29, 1.82) is 0 Å². The number of rotatable bonds is 9. The highest BCUT2D eigenvalue weighted by molar-refractivity contribution is 5.91. The summed E-state index contributed by atoms with van der Waals surface area (Å²) in [6.45, 7) is 4.39. The summed E-state index contributed by atoms with van der Waals surface area (Å²) >= 11 is 0. The maximum Gasteiger partial charge on any atom is 0.329 e. The maximum absolute atomic E-state index is 11.4. The molecule has 160 valence electrons. The second-order valence-corrected chi connectivity index (χ2v) is 5.67. The fraction of sp³-hybridized carbons (Fsp3) is 0.444. The average Bonchev–Trinajstić information content (AvgIpc) is 3.08. The Labute approximate surface area is 166 Å². The molecule has 0 saturated heterocycles. The number of hydrogen-bond acceptors (Lipinski definition) is 9. The predicted octanol–water partition coefficient (Wildman–Crippen LogP) is 1.95. The molecule has 29 heavy (non-hydrogen) atoms. The molecule has 1 aromatic carbocycles. The van der Waals surface area contributed by atoms with E-state index in [4.69, 9.17) is 29.2 Å². The lowest BCUT2D eigenvalue weighted by Crippen LogP contribution is -2.33. The van der Waals surface area contributed by atoms with Gasteiger partial charge in [0.2, 0.25) is 6.79 Å². The van der Waals surface area contributed by atoms with Crippen molar-refractivity contribution < 1.29 is 48.3 Å². The van der Waals surface area contributed by atoms with Crippen LogP contribution in [0.3, 0.4) is 0 Å². The number of carboxylic acid groups (broad SMARTS) is 2. The SMILES string of the molecule is CCCC.O=C(O)CC(=O)OC(Nc1ccc2c(c1)OCO2)OC(=O)CC(=O)O. The van der Waals surface area contributed by atoms with Crippen LogP contribution in [0.15, 0.2) is 18.2 Å². The van der Waals surface area contributed by atoms with Crippen LogP contribution in [0.25, 0.3) is 0 Å². The molecular weight excluding hydrogens is 390 g/mol. The van der Waals surface area contributed by atoms with Crippen molar-refractivity contribution in [2.24, 2.45) is 0 Å². The van der Waals surface area contributed by atoms with E-state index >= 15 is 0 Å². The minimum atomic E-state index is -1.72. The highest BCUT2D eigenvalue weighted by Gasteiger charge is 2.23. The Morgan fingerprint density at radius 2 is 1.48 bits per heavy atom. The van der Waals surface area contributed by atoms with E-state index in [1.165, 1.54) is 25.0 Å². The number of ether oxygens (including phenoxy) is 4. The quantitative estimate of drug-likeness (QED) is 0.309. The van der Waals surface area contributed by atoms with Gasteiger partial charge in [-0.1, -0.05) is 26.7 Å². The van der Waals surface area contributed by atoms with Crippen molar-refractivity contribution in [3.8, 4) is 11.5 Å². The number of fused-ring (bicyclic) bond motifs is 1. The fourth-order valence-electron chi connectivity index (χ4n) is 1.77. The topological polar surface area (TPSA) is 158 Å². The van der Waals surface area contributed by atoms with Crippen LogP contribution < -0.4 is 14.8 Å². The molecule has 3 N–H and O–H groups in total. The number of anilines is 1. The van der Waals surface area contributed by atoms with Gasteiger partial charge in [-0.2, -0.15) is 0 Å². The van der Waals surface area contributed by atoms with Crippen molar-refractivity contribution in [2.45, 2.75) is 45.9 Å². The van der Waals surface area contributed by atoms with Crippen molar-refractivity contribution in [3.63, 3.8) is 0 Å². The average molecular weight is 413 g/mol. The predicted molar refractivity (Wildman–Crippen MR) is 97.2 cm³/mol. The minimum Gasteiger partial charge on any atom is -0.481 e. The van der Waals surface area contributed by atoms with E-state index in [0.717, 1.165) is 0 Å². The van der Waals surface area contributed by atoms with Crippen LogP contribution in [0.4, 0.5) is 5.69 Å². The Morgan fingerprint density at radius 1 is 0.966 bits per heavy atom. The summed E-state index contributed by atoms with van der Waals surface area (Å²) in [6.07, 6.45) is -1.01. The van der Waals surface area contributed by atoms with Gasteiger partial charge >= 0.3 is 30.3 Å². The van der Waals surface area contributed by atoms with Crippen molar-refractivity contribution in [2.75, 3.05) is 12.1 Å². The molecule has 1 aliphatic heterocycles. The van der Waals surface area contributed by atoms with Gasteiger partial charge in [0.25, 0.3) is 0 Å². The monoisotopic (exact) mass is 413 g/mol. The first-order valence-electron chi connectivity index (χ1n) is 8.73. The molecule has 1 aliphatic rings. The van der Waals surface area contributed by atoms with Crippen LogP contribution in [-0.4, -0.2) is 47.3 Å². The fourth-order valence-corrected chi connectivity index (χ4v) is 1.77. The molecule has 1 aromatic rings. The van der Waals surface area contributed by atoms with E-state index in [1.54, 1.807) is 6.07 Å². The Morgan fingerprint density at radius 3 is 1.97 bits per heavy atom. The van der Waals surface area contributed by atoms with E-state index in [-0.39, 0.29) is 6.79 Å². The molecule has 11 heteroatoms. The Kier molecular flexibility index (Phi) is 9.79. The summed E-state index contributed by atoms with van der Waals surface area (Å²) in [7, 11) is 0. The Balaban J connectivity index is 0.000000960. The van der Waals surface area contributed by atoms with Gasteiger partial charge in [-0.15, -0.1) is 0 Å². The molecule has 2 rings (SSSR count). The largest absolute Gasteiger partial charge is 0.481 e. The number of carbonyl (C=O) groups excluding carboxylic acids is 2. The summed E-state index contributed by atoms with van der Waals surface area (Å²) in [5.74, 6) is -4.39. The molecule has 0 amide bonds. The van der Waals surface area contributed by atoms with Gasteiger partial charge in [0, 0.05) is 11.8 Å². The molecule has 11 nitrogen and oxygen atoms in total. The number of carboxylic acids is 2. The summed E-state index contributed by atoms with van der Waals surface area (Å²) < 4.78 is 19.7. The number of nitrogens with one attached hydrogen (secondary N) is 1. The Bertz CT molecular complexity index is 701. The van der Waals surface area contributed by atoms with Gasteiger partial charge in [0.05, 0.1) is 0 Å². The van der Waals surface area contributed by atoms with E-state index < -0.39 is 43.1 Å². The zero-order valence-corrected chi connectivity index (χ0v) is 16.0. The van der Waals surface area contributed by atoms with Crippen molar-refractivity contribution in [1.82, 2.24) is 0 Å². The lowest BCUT2D eigenvalue weighted by atomic mass is 10.3. The van der Waals surface area contributed by atoms with Gasteiger partial charge in [-0.25, -0.2) is 0 Å². The first-order chi connectivity index (χ1) is 13.7. The van der Waals surface area contributed by atoms with Crippen molar-refractivity contribution >= 4 is 29.6 Å². The van der Waals surface area contributed by atoms with Crippen LogP contribution in [0.2, 0.25) is 0 Å². The normalized spacial score (nSPS) is 11.1. The third-order valence-electron chi connectivity index (χ3n) is 3.23. The van der Waals surface area contributed by atoms with Gasteiger partial charge in [-0.3, -0.25) is 19.2 Å². The number of hydrogen-bond donors (Lipinski definition) is 3. The first-order valence-corrected chi connectivity index (χ1v) is 8.73. The molecule has 0 atom stereocenters. The highest BCUT2D eigenvalue weighted by atomic mass is 16.7. The second-order valence-electron chi connectivity index (χ2n) is 5.67. The van der Waals surface area contributed by atoms with Crippen LogP contribution in [-0.2, 0) is 28.7 Å². The van der Waals surface area contributed by atoms with Crippen molar-refractivity contribution in [3.05, 3.63) is 18.2 Å². The van der Waals surface area contributed by atoms with E-state index in [1.807, 2.05) is 0 Å². The molecule has 0 bridgehead atoms. The standard InChI is InChI=1S/C14H13NO10.C4H10/c16-10(17)4-12(20)24-14(25-13(21)5-11(18)19)15-7-1-2-8-9(3-7)23-6-22-8;1-3-4-2/h1-3,14-15H,4-6H2,(H,16,17)(H,18,19);3-4H2,1-2H3. The van der Waals surface area contributed by atoms with Gasteiger partial charge < -0.3 is 34.5 Å². The molecular formula is C18H23NO10. The smallest absolute Gasteiger partial charge is 0.329 e. The maximum atomic E-state index is 11.4. The number of benzene rings is 1. The van der Waals surface area contributed by atoms with Crippen LogP contribution in [0.5, 0.6) is 11.5 Å². The highest BCUT2D eigenvalue weighted by Crippen LogP contribution is 2.34. The Hall–Kier alpha value is -3.50. The number of carbonyl (C=O) groups is 4. The number of unbranched alkanes of at least 4 members (excludes halogenated alkanes) is 1. The minimum absolute atomic E-state index is 0.0312. The molecule has 0 aromatic heterocycles. The van der Waals surface area contributed by atoms with Crippen LogP contribution >= 0.6 is 0 Å². The molecule has 0 fully saturated rings. The summed E-state index contributed by atoms with van der Waals surface area (Å²) in [5, 5.41) is 19.6. The molecule has 0 radical (unpaired) electrons. The third kappa shape index (κ3) is 9.31. The molecule has 1 heterocycles. The number of esters is 2. The molecule has 0 saturated carbocycles.